The van der Waals surface area contributed by atoms with E-state index in [1.54, 1.807) is 4.90 Å². The summed E-state index contributed by atoms with van der Waals surface area (Å²) in [5.41, 5.74) is 5.23. The first-order valence-electron chi connectivity index (χ1n) is 15.6. The third-order valence-corrected chi connectivity index (χ3v) is 9.22. The molecule has 2 N–H and O–H groups in total. The first-order chi connectivity index (χ1) is 21.8. The van der Waals surface area contributed by atoms with Crippen molar-refractivity contribution in [1.29, 1.82) is 0 Å². The van der Waals surface area contributed by atoms with Crippen LogP contribution in [0.5, 0.6) is 17.2 Å². The van der Waals surface area contributed by atoms with E-state index in [1.807, 2.05) is 59.5 Å². The van der Waals surface area contributed by atoms with Crippen LogP contribution in [0, 0.1) is 5.92 Å². The molecule has 236 valence electrons. The van der Waals surface area contributed by atoms with Gasteiger partial charge in [-0.05, 0) is 65.8 Å². The van der Waals surface area contributed by atoms with E-state index in [1.165, 1.54) is 7.11 Å². The molecule has 10 heteroatoms. The van der Waals surface area contributed by atoms with Crippen LogP contribution in [0.3, 0.4) is 0 Å². The summed E-state index contributed by atoms with van der Waals surface area (Å²) < 4.78 is 16.8. The monoisotopic (exact) mass is 613 g/mol. The van der Waals surface area contributed by atoms with Gasteiger partial charge in [0.25, 0.3) is 0 Å². The Hall–Kier alpha value is -4.57. The van der Waals surface area contributed by atoms with Gasteiger partial charge < -0.3 is 29.5 Å². The number of amides is 2. The topological polar surface area (TPSA) is 118 Å². The lowest BCUT2D eigenvalue weighted by Crippen LogP contribution is -2.35. The molecule has 0 saturated carbocycles. The van der Waals surface area contributed by atoms with E-state index in [-0.39, 0.29) is 25.2 Å². The van der Waals surface area contributed by atoms with Gasteiger partial charge in [-0.3, -0.25) is 19.3 Å². The van der Waals surface area contributed by atoms with Crippen LogP contribution in [-0.4, -0.2) is 61.3 Å². The molecule has 2 saturated heterocycles. The van der Waals surface area contributed by atoms with Gasteiger partial charge in [0.15, 0.2) is 11.5 Å². The maximum atomic E-state index is 13.7. The number of hydrogen-bond acceptors (Lipinski definition) is 7. The molecule has 1 unspecified atom stereocenters. The number of rotatable bonds is 10. The Morgan fingerprint density at radius 1 is 1.02 bits per heavy atom. The summed E-state index contributed by atoms with van der Waals surface area (Å²) in [6.07, 6.45) is 2.89. The summed E-state index contributed by atoms with van der Waals surface area (Å²) in [7, 11) is 1.54. The Labute approximate surface area is 262 Å². The second-order valence-corrected chi connectivity index (χ2v) is 11.7. The number of fused-ring (bicyclic) bond motifs is 1. The third-order valence-electron chi connectivity index (χ3n) is 9.22. The number of carbonyl (C=O) groups is 3. The molecule has 2 fully saturated rings. The molecule has 45 heavy (non-hydrogen) atoms. The highest BCUT2D eigenvalue weighted by atomic mass is 16.7. The molecule has 2 amide bonds. The van der Waals surface area contributed by atoms with Gasteiger partial charge in [0.1, 0.15) is 0 Å². The van der Waals surface area contributed by atoms with Gasteiger partial charge in [0, 0.05) is 42.8 Å². The van der Waals surface area contributed by atoms with Crippen LogP contribution in [-0.2, 0) is 27.2 Å². The second kappa shape index (κ2) is 12.8. The molecule has 3 aromatic carbocycles. The Balaban J connectivity index is 1.36. The number of anilines is 2. The predicted octanol–water partition coefficient (Wildman–Crippen LogP) is 5.16. The number of hydrogen-bond donors (Lipinski definition) is 2. The number of carboxylic acid groups (broad SMARTS) is 1. The van der Waals surface area contributed by atoms with E-state index in [0.29, 0.717) is 36.8 Å². The zero-order valence-corrected chi connectivity index (χ0v) is 25.9. The highest BCUT2D eigenvalue weighted by Crippen LogP contribution is 2.50. The van der Waals surface area contributed by atoms with Crippen LogP contribution in [0.25, 0.3) is 0 Å². The van der Waals surface area contributed by atoms with Crippen LogP contribution in [0.2, 0.25) is 0 Å². The fourth-order valence-corrected chi connectivity index (χ4v) is 7.03. The van der Waals surface area contributed by atoms with Crippen molar-refractivity contribution < 1.29 is 33.7 Å². The summed E-state index contributed by atoms with van der Waals surface area (Å²) in [5, 5.41) is 13.9. The van der Waals surface area contributed by atoms with Crippen LogP contribution in [0.1, 0.15) is 60.9 Å². The van der Waals surface area contributed by atoms with E-state index in [4.69, 9.17) is 14.2 Å². The molecule has 3 heterocycles. The van der Waals surface area contributed by atoms with Crippen LogP contribution in [0.4, 0.5) is 11.4 Å². The van der Waals surface area contributed by atoms with Crippen molar-refractivity contribution >= 4 is 29.2 Å². The third kappa shape index (κ3) is 5.82. The number of ether oxygens (including phenoxy) is 3. The summed E-state index contributed by atoms with van der Waals surface area (Å²) in [4.78, 5) is 42.9. The number of benzene rings is 3. The fourth-order valence-electron chi connectivity index (χ4n) is 7.03. The molecule has 6 rings (SSSR count). The molecule has 10 nitrogen and oxygen atoms in total. The van der Waals surface area contributed by atoms with Crippen molar-refractivity contribution in [3.63, 3.8) is 0 Å². The maximum Gasteiger partial charge on any atom is 0.309 e. The molecule has 0 bridgehead atoms. The van der Waals surface area contributed by atoms with Gasteiger partial charge in [0.05, 0.1) is 19.6 Å². The number of aliphatic carboxylic acids is 1. The molecule has 3 aromatic rings. The minimum absolute atomic E-state index is 0.000197. The number of nitrogens with one attached hydrogen (secondary N) is 1. The molecule has 0 aromatic heterocycles. The summed E-state index contributed by atoms with van der Waals surface area (Å²) in [6.45, 7) is 5.16. The van der Waals surface area contributed by atoms with Gasteiger partial charge in [-0.25, -0.2) is 0 Å². The highest BCUT2D eigenvalue weighted by molar-refractivity contribution is 5.95. The van der Waals surface area contributed by atoms with E-state index in [0.717, 1.165) is 52.9 Å². The van der Waals surface area contributed by atoms with Crippen LogP contribution in [0.15, 0.2) is 54.6 Å². The molecule has 0 aliphatic carbocycles. The van der Waals surface area contributed by atoms with E-state index >= 15 is 0 Å². The van der Waals surface area contributed by atoms with Crippen LogP contribution < -0.4 is 24.4 Å². The van der Waals surface area contributed by atoms with Crippen molar-refractivity contribution in [2.24, 2.45) is 5.92 Å². The molecule has 3 atom stereocenters. The number of carboxylic acids is 1. The number of aryl methyl sites for hydroxylation is 2. The predicted molar refractivity (Wildman–Crippen MR) is 169 cm³/mol. The number of nitrogens with zero attached hydrogens (tertiary/aromatic N) is 2. The van der Waals surface area contributed by atoms with Crippen molar-refractivity contribution in [2.45, 2.75) is 51.5 Å². The van der Waals surface area contributed by atoms with Crippen molar-refractivity contribution in [2.75, 3.05) is 43.8 Å². The largest absolute Gasteiger partial charge is 0.493 e. The molecule has 3 aliphatic rings. The highest BCUT2D eigenvalue weighted by Gasteiger charge is 2.48. The average molecular weight is 614 g/mol. The molecule has 0 radical (unpaired) electrons. The van der Waals surface area contributed by atoms with Gasteiger partial charge in [0.2, 0.25) is 24.4 Å². The van der Waals surface area contributed by atoms with Crippen LogP contribution >= 0.6 is 0 Å². The lowest BCUT2D eigenvalue weighted by atomic mass is 9.82. The number of methoxy groups -OCH3 is 1. The first-order valence-corrected chi connectivity index (χ1v) is 15.6. The summed E-state index contributed by atoms with van der Waals surface area (Å²) in [5.74, 6) is -0.970. The van der Waals surface area contributed by atoms with E-state index < -0.39 is 23.8 Å². The maximum absolute atomic E-state index is 13.7. The van der Waals surface area contributed by atoms with Crippen molar-refractivity contribution in [3.05, 3.63) is 76.9 Å². The number of carbonyl (C=O) groups excluding carboxylic acids is 2. The van der Waals surface area contributed by atoms with Gasteiger partial charge in [-0.1, -0.05) is 44.2 Å². The molecular formula is C35H39N3O7. The zero-order valence-electron chi connectivity index (χ0n) is 25.9. The molecular weight excluding hydrogens is 574 g/mol. The van der Waals surface area contributed by atoms with Gasteiger partial charge in [-0.15, -0.1) is 0 Å². The lowest BCUT2D eigenvalue weighted by molar-refractivity contribution is -0.143. The number of para-hydroxylation sites is 1. The minimum Gasteiger partial charge on any atom is -0.493 e. The van der Waals surface area contributed by atoms with Gasteiger partial charge in [-0.2, -0.15) is 0 Å². The first kappa shape index (κ1) is 30.5. The molecule has 3 aliphatic heterocycles. The van der Waals surface area contributed by atoms with Crippen molar-refractivity contribution in [1.82, 2.24) is 4.90 Å². The Kier molecular flexibility index (Phi) is 8.67. The quantitative estimate of drug-likeness (QED) is 0.322. The molecule has 0 spiro atoms. The SMILES string of the molecule is CCc1cccc(CC)c1NC(=O)CN1C[C@H](c2cc(OC)c3c(c2)OCO3)C(C(=O)O)[C@@H]1c1ccc(N2CCCC2=O)cc1. The minimum atomic E-state index is -0.965. The summed E-state index contributed by atoms with van der Waals surface area (Å²) in [6, 6.07) is 16.6. The zero-order chi connectivity index (χ0) is 31.7. The normalized spacial score (nSPS) is 20.9. The average Bonchev–Trinajstić information content (AvgIpc) is 3.79. The Bertz CT molecular complexity index is 1580. The number of likely N-dealkylation sites (tertiary alicyclic amines) is 1. The Morgan fingerprint density at radius 2 is 1.76 bits per heavy atom. The fraction of sp³-hybridized carbons (Fsp3) is 0.400. The summed E-state index contributed by atoms with van der Waals surface area (Å²) >= 11 is 0. The second-order valence-electron chi connectivity index (χ2n) is 11.7. The Morgan fingerprint density at radius 3 is 2.38 bits per heavy atom. The van der Waals surface area contributed by atoms with E-state index in [2.05, 4.69) is 19.2 Å². The smallest absolute Gasteiger partial charge is 0.309 e. The lowest BCUT2D eigenvalue weighted by Gasteiger charge is -2.28. The standard InChI is InChI=1S/C35H39N3O7/c1-4-21-8-6-9-22(5-2)32(21)36-29(39)19-37-18-26(24-16-27(43-3)34-28(17-24)44-20-45-34)31(35(41)42)33(37)23-11-13-25(14-12-23)38-15-7-10-30(38)40/h6,8-9,11-14,16-17,26,31,33H,4-5,7,10,15,18-20H2,1-3H3,(H,36,39)(H,41,42)/t26-,31?,33+/m1/s1. The van der Waals surface area contributed by atoms with E-state index in [9.17, 15) is 19.5 Å². The van der Waals surface area contributed by atoms with Gasteiger partial charge >= 0.3 is 5.97 Å². The van der Waals surface area contributed by atoms with Crippen molar-refractivity contribution in [3.8, 4) is 17.2 Å².